The molecule has 3 rings (SSSR count). The van der Waals surface area contributed by atoms with Crippen molar-refractivity contribution in [1.82, 2.24) is 10.2 Å². The van der Waals surface area contributed by atoms with Gasteiger partial charge in [-0.1, -0.05) is 57.9 Å². The number of carbonyl (C=O) groups excluding carboxylic acids is 2. The number of sulfonamides is 1. The minimum atomic E-state index is -4.16. The van der Waals surface area contributed by atoms with Gasteiger partial charge >= 0.3 is 0 Å². The van der Waals surface area contributed by atoms with Crippen molar-refractivity contribution in [3.05, 3.63) is 93.4 Å². The smallest absolute Gasteiger partial charge is 0.264 e. The second-order valence-electron chi connectivity index (χ2n) is 10.3. The Labute approximate surface area is 244 Å². The van der Waals surface area contributed by atoms with Gasteiger partial charge in [-0.3, -0.25) is 13.9 Å². The van der Waals surface area contributed by atoms with E-state index >= 15 is 0 Å². The third-order valence-corrected chi connectivity index (χ3v) is 8.49. The first kappa shape index (κ1) is 30.7. The normalized spacial score (nSPS) is 12.5. The second-order valence-corrected chi connectivity index (χ2v) is 13.5. The van der Waals surface area contributed by atoms with Crippen LogP contribution in [-0.4, -0.2) is 43.3 Å². The van der Waals surface area contributed by atoms with Gasteiger partial charge in [-0.05, 0) is 88.2 Å². The molecular weight excluding hydrogens is 602 g/mol. The van der Waals surface area contributed by atoms with Crippen LogP contribution >= 0.6 is 27.5 Å². The number of carbonyl (C=O) groups is 2. The Balaban J connectivity index is 2.05. The molecule has 7 nitrogen and oxygen atoms in total. The molecule has 39 heavy (non-hydrogen) atoms. The van der Waals surface area contributed by atoms with Gasteiger partial charge in [0.2, 0.25) is 11.8 Å². The molecule has 10 heteroatoms. The quantitative estimate of drug-likeness (QED) is 0.316. The third-order valence-electron chi connectivity index (χ3n) is 5.97. The Kier molecular flexibility index (Phi) is 9.85. The van der Waals surface area contributed by atoms with Crippen LogP contribution in [0.15, 0.2) is 82.2 Å². The molecule has 0 bridgehead atoms. The minimum absolute atomic E-state index is 0.0000158. The number of rotatable bonds is 9. The number of aryl methyl sites for hydroxylation is 1. The van der Waals surface area contributed by atoms with E-state index in [2.05, 4.69) is 21.2 Å². The Hall–Kier alpha value is -2.88. The third kappa shape index (κ3) is 8.06. The highest BCUT2D eigenvalue weighted by Crippen LogP contribution is 2.28. The number of hydrogen-bond donors (Lipinski definition) is 1. The summed E-state index contributed by atoms with van der Waals surface area (Å²) in [6, 6.07) is 19.3. The number of anilines is 1. The van der Waals surface area contributed by atoms with Gasteiger partial charge in [0.15, 0.2) is 0 Å². The van der Waals surface area contributed by atoms with E-state index in [-0.39, 0.29) is 17.3 Å². The number of nitrogens with one attached hydrogen (secondary N) is 1. The fraction of sp³-hybridized carbons (Fsp3) is 0.310. The Morgan fingerprint density at radius 2 is 1.64 bits per heavy atom. The van der Waals surface area contributed by atoms with Crippen LogP contribution in [-0.2, 0) is 26.2 Å². The van der Waals surface area contributed by atoms with Gasteiger partial charge in [0.05, 0.1) is 10.6 Å². The molecule has 1 atom stereocenters. The molecule has 0 saturated carbocycles. The average molecular weight is 635 g/mol. The predicted molar refractivity (Wildman–Crippen MR) is 159 cm³/mol. The summed E-state index contributed by atoms with van der Waals surface area (Å²) in [5.74, 6) is -0.860. The van der Waals surface area contributed by atoms with Gasteiger partial charge in [-0.25, -0.2) is 8.42 Å². The molecule has 0 spiro atoms. The highest BCUT2D eigenvalue weighted by molar-refractivity contribution is 9.10. The molecular formula is C29H33BrClN3O4S. The summed E-state index contributed by atoms with van der Waals surface area (Å²) < 4.78 is 29.7. The Morgan fingerprint density at radius 1 is 1.00 bits per heavy atom. The first-order valence-corrected chi connectivity index (χ1v) is 15.0. The summed E-state index contributed by atoms with van der Waals surface area (Å²) in [4.78, 5) is 28.5. The van der Waals surface area contributed by atoms with E-state index in [0.29, 0.717) is 16.3 Å². The van der Waals surface area contributed by atoms with Crippen LogP contribution in [0.5, 0.6) is 0 Å². The molecule has 0 saturated heterocycles. The molecule has 0 radical (unpaired) electrons. The van der Waals surface area contributed by atoms with Gasteiger partial charge in [0, 0.05) is 21.6 Å². The molecule has 3 aromatic rings. The topological polar surface area (TPSA) is 86.8 Å². The van der Waals surface area contributed by atoms with Gasteiger partial charge in [0.1, 0.15) is 12.6 Å². The molecule has 0 unspecified atom stereocenters. The fourth-order valence-corrected chi connectivity index (χ4v) is 6.03. The molecule has 0 aromatic heterocycles. The molecule has 1 N–H and O–H groups in total. The number of benzene rings is 3. The fourth-order valence-electron chi connectivity index (χ4n) is 3.98. The summed E-state index contributed by atoms with van der Waals surface area (Å²) >= 11 is 9.45. The molecule has 0 aliphatic rings. The van der Waals surface area contributed by atoms with Crippen molar-refractivity contribution in [2.45, 2.75) is 57.6 Å². The Bertz CT molecular complexity index is 1440. The lowest BCUT2D eigenvalue weighted by Crippen LogP contribution is -2.54. The summed E-state index contributed by atoms with van der Waals surface area (Å²) in [5.41, 5.74) is 1.33. The molecule has 0 aliphatic carbocycles. The van der Waals surface area contributed by atoms with Crippen LogP contribution in [0, 0.1) is 6.92 Å². The zero-order valence-electron chi connectivity index (χ0n) is 22.6. The standard InChI is InChI=1S/C29H33BrClN3O4S/c1-20-9-6-7-12-26(20)34(39(37,38)25-15-13-24(31)14-16-25)19-27(35)33(18-22-10-8-11-23(30)17-22)21(2)28(36)32-29(3,4)5/h6-17,21H,18-19H2,1-5H3,(H,32,36)/t21-/m1/s1. The molecule has 0 heterocycles. The van der Waals surface area contributed by atoms with Crippen LogP contribution in [0.4, 0.5) is 5.69 Å². The van der Waals surface area contributed by atoms with E-state index in [9.17, 15) is 18.0 Å². The van der Waals surface area contributed by atoms with Crippen molar-refractivity contribution in [2.24, 2.45) is 0 Å². The van der Waals surface area contributed by atoms with E-state index in [1.807, 2.05) is 45.0 Å². The second kappa shape index (κ2) is 12.5. The summed E-state index contributed by atoms with van der Waals surface area (Å²) in [6.45, 7) is 8.60. The average Bonchev–Trinajstić information content (AvgIpc) is 2.85. The predicted octanol–water partition coefficient (Wildman–Crippen LogP) is 5.94. The molecule has 0 aliphatic heterocycles. The van der Waals surface area contributed by atoms with E-state index in [1.165, 1.54) is 29.2 Å². The van der Waals surface area contributed by atoms with Crippen LogP contribution < -0.4 is 9.62 Å². The molecule has 3 aromatic carbocycles. The lowest BCUT2D eigenvalue weighted by Gasteiger charge is -2.33. The number of nitrogens with zero attached hydrogens (tertiary/aromatic N) is 2. The maximum atomic E-state index is 14.0. The van der Waals surface area contributed by atoms with E-state index < -0.39 is 34.1 Å². The monoisotopic (exact) mass is 633 g/mol. The van der Waals surface area contributed by atoms with Crippen molar-refractivity contribution in [3.63, 3.8) is 0 Å². The van der Waals surface area contributed by atoms with Crippen molar-refractivity contribution in [3.8, 4) is 0 Å². The number of halogens is 2. The van der Waals surface area contributed by atoms with Gasteiger partial charge in [-0.15, -0.1) is 0 Å². The van der Waals surface area contributed by atoms with Crippen molar-refractivity contribution in [1.29, 1.82) is 0 Å². The highest BCUT2D eigenvalue weighted by Gasteiger charge is 2.33. The van der Waals surface area contributed by atoms with Gasteiger partial charge < -0.3 is 10.2 Å². The van der Waals surface area contributed by atoms with Crippen LogP contribution in [0.25, 0.3) is 0 Å². The van der Waals surface area contributed by atoms with Crippen molar-refractivity contribution in [2.75, 3.05) is 10.8 Å². The first-order chi connectivity index (χ1) is 18.2. The lowest BCUT2D eigenvalue weighted by atomic mass is 10.1. The summed E-state index contributed by atoms with van der Waals surface area (Å²) in [5, 5.41) is 3.32. The zero-order chi connectivity index (χ0) is 29.0. The van der Waals surface area contributed by atoms with Crippen LogP contribution in [0.1, 0.15) is 38.8 Å². The molecule has 2 amide bonds. The van der Waals surface area contributed by atoms with E-state index in [4.69, 9.17) is 11.6 Å². The minimum Gasteiger partial charge on any atom is -0.350 e. The first-order valence-electron chi connectivity index (χ1n) is 12.4. The maximum absolute atomic E-state index is 14.0. The van der Waals surface area contributed by atoms with Crippen LogP contribution in [0.3, 0.4) is 0 Å². The SMILES string of the molecule is Cc1ccccc1N(CC(=O)N(Cc1cccc(Br)c1)[C@H](C)C(=O)NC(C)(C)C)S(=O)(=O)c1ccc(Cl)cc1. The maximum Gasteiger partial charge on any atom is 0.264 e. The van der Waals surface area contributed by atoms with Gasteiger partial charge in [-0.2, -0.15) is 0 Å². The van der Waals surface area contributed by atoms with Crippen molar-refractivity contribution >= 4 is 55.1 Å². The highest BCUT2D eigenvalue weighted by atomic mass is 79.9. The Morgan fingerprint density at radius 3 is 2.23 bits per heavy atom. The summed E-state index contributed by atoms with van der Waals surface area (Å²) in [7, 11) is -4.16. The van der Waals surface area contributed by atoms with Crippen LogP contribution in [0.2, 0.25) is 5.02 Å². The van der Waals surface area contributed by atoms with E-state index in [1.54, 1.807) is 38.1 Å². The largest absolute Gasteiger partial charge is 0.350 e. The van der Waals surface area contributed by atoms with Crippen molar-refractivity contribution < 1.29 is 18.0 Å². The number of para-hydroxylation sites is 1. The lowest BCUT2D eigenvalue weighted by molar-refractivity contribution is -0.140. The zero-order valence-corrected chi connectivity index (χ0v) is 25.8. The number of hydrogen-bond acceptors (Lipinski definition) is 4. The molecule has 0 fully saturated rings. The molecule has 208 valence electrons. The van der Waals surface area contributed by atoms with Gasteiger partial charge in [0.25, 0.3) is 10.0 Å². The van der Waals surface area contributed by atoms with E-state index in [0.717, 1.165) is 14.3 Å². The summed E-state index contributed by atoms with van der Waals surface area (Å²) in [6.07, 6.45) is 0. The number of amides is 2.